The first-order valence-corrected chi connectivity index (χ1v) is 10.2. The number of phenolic OH excluding ortho intramolecular Hbond substituents is 1. The van der Waals surface area contributed by atoms with Crippen molar-refractivity contribution in [2.45, 2.75) is 18.3 Å². The number of hydrogen-bond donors (Lipinski definition) is 2. The molecule has 0 fully saturated rings. The number of aliphatic carboxylic acids is 1. The summed E-state index contributed by atoms with van der Waals surface area (Å²) in [7, 11) is 0. The molecule has 0 saturated carbocycles. The van der Waals surface area contributed by atoms with Crippen LogP contribution in [0.3, 0.4) is 0 Å². The van der Waals surface area contributed by atoms with Crippen molar-refractivity contribution in [1.29, 1.82) is 0 Å². The molecule has 1 aliphatic heterocycles. The van der Waals surface area contributed by atoms with Gasteiger partial charge in [0.05, 0.1) is 11.6 Å². The number of rotatable bonds is 3. The first-order chi connectivity index (χ1) is 15.0. The number of ether oxygens (including phenoxy) is 1. The van der Waals surface area contributed by atoms with Crippen LogP contribution in [0.5, 0.6) is 5.75 Å². The molecule has 6 nitrogen and oxygen atoms in total. The molecule has 0 saturated heterocycles. The van der Waals surface area contributed by atoms with E-state index in [0.717, 1.165) is 22.3 Å². The van der Waals surface area contributed by atoms with Crippen molar-refractivity contribution in [1.82, 2.24) is 0 Å². The van der Waals surface area contributed by atoms with E-state index in [1.165, 1.54) is 17.0 Å². The number of benzene rings is 3. The number of aromatic hydroxyl groups is 1. The second-order valence-corrected chi connectivity index (χ2v) is 7.88. The molecule has 156 valence electrons. The second kappa shape index (κ2) is 7.47. The minimum atomic E-state index is -0.973. The molecule has 3 aromatic carbocycles. The number of carboxylic acid groups (broad SMARTS) is 1. The Balaban J connectivity index is 1.40. The van der Waals surface area contributed by atoms with Crippen molar-refractivity contribution in [2.24, 2.45) is 0 Å². The van der Waals surface area contributed by atoms with Crippen molar-refractivity contribution in [3.05, 3.63) is 83.4 Å². The summed E-state index contributed by atoms with van der Waals surface area (Å²) in [6.45, 7) is 0.435. The Bertz CT molecular complexity index is 1140. The summed E-state index contributed by atoms with van der Waals surface area (Å²) in [5.74, 6) is -1.81. The Morgan fingerprint density at radius 1 is 0.935 bits per heavy atom. The van der Waals surface area contributed by atoms with Crippen molar-refractivity contribution >= 4 is 17.7 Å². The second-order valence-electron chi connectivity index (χ2n) is 7.88. The van der Waals surface area contributed by atoms with E-state index in [-0.39, 0.29) is 31.2 Å². The van der Waals surface area contributed by atoms with Crippen LogP contribution in [0.2, 0.25) is 0 Å². The van der Waals surface area contributed by atoms with Crippen LogP contribution >= 0.6 is 0 Å². The molecule has 0 bridgehead atoms. The van der Waals surface area contributed by atoms with E-state index in [9.17, 15) is 19.8 Å². The maximum absolute atomic E-state index is 13.0. The van der Waals surface area contributed by atoms with E-state index in [2.05, 4.69) is 24.3 Å². The highest BCUT2D eigenvalue weighted by atomic mass is 16.6. The van der Waals surface area contributed by atoms with Gasteiger partial charge in [-0.25, -0.2) is 4.79 Å². The summed E-state index contributed by atoms with van der Waals surface area (Å²) in [4.78, 5) is 26.1. The van der Waals surface area contributed by atoms with Crippen LogP contribution in [0, 0.1) is 0 Å². The Kier molecular flexibility index (Phi) is 4.62. The maximum Gasteiger partial charge on any atom is 0.414 e. The lowest BCUT2D eigenvalue weighted by Crippen LogP contribution is -2.39. The summed E-state index contributed by atoms with van der Waals surface area (Å²) in [6.07, 6.45) is -0.256. The van der Waals surface area contributed by atoms with Crippen LogP contribution in [-0.4, -0.2) is 35.4 Å². The van der Waals surface area contributed by atoms with E-state index in [1.807, 2.05) is 24.3 Å². The quantitative estimate of drug-likeness (QED) is 0.646. The number of phenols is 1. The third-order valence-electron chi connectivity index (χ3n) is 6.17. The van der Waals surface area contributed by atoms with Gasteiger partial charge in [0.1, 0.15) is 12.4 Å². The fourth-order valence-corrected chi connectivity index (χ4v) is 4.72. The molecule has 0 spiro atoms. The Labute approximate surface area is 179 Å². The minimum Gasteiger partial charge on any atom is -0.508 e. The number of carbonyl (C=O) groups is 2. The fourth-order valence-electron chi connectivity index (χ4n) is 4.72. The van der Waals surface area contributed by atoms with E-state index in [0.29, 0.717) is 11.3 Å². The lowest BCUT2D eigenvalue weighted by atomic mass is 9.90. The Morgan fingerprint density at radius 3 is 2.23 bits per heavy atom. The van der Waals surface area contributed by atoms with Gasteiger partial charge in [-0.2, -0.15) is 0 Å². The first-order valence-electron chi connectivity index (χ1n) is 10.2. The third kappa shape index (κ3) is 3.20. The predicted molar refractivity (Wildman–Crippen MR) is 116 cm³/mol. The number of hydrogen-bond acceptors (Lipinski definition) is 4. The van der Waals surface area contributed by atoms with Crippen LogP contribution in [0.1, 0.15) is 34.9 Å². The van der Waals surface area contributed by atoms with E-state index in [1.54, 1.807) is 6.07 Å². The van der Waals surface area contributed by atoms with Crippen molar-refractivity contribution in [2.75, 3.05) is 18.1 Å². The summed E-state index contributed by atoms with van der Waals surface area (Å²) < 4.78 is 5.74. The Hall–Kier alpha value is -3.80. The lowest BCUT2D eigenvalue weighted by Gasteiger charge is -2.32. The van der Waals surface area contributed by atoms with E-state index in [4.69, 9.17) is 4.74 Å². The molecular formula is C25H21NO5. The fraction of sp³-hybridized carbons (Fsp3) is 0.200. The van der Waals surface area contributed by atoms with Gasteiger partial charge in [-0.3, -0.25) is 9.69 Å². The smallest absolute Gasteiger partial charge is 0.414 e. The molecule has 6 heteroatoms. The number of anilines is 1. The molecule has 2 N–H and O–H groups in total. The van der Waals surface area contributed by atoms with Crippen LogP contribution in [0.15, 0.2) is 66.7 Å². The summed E-state index contributed by atoms with van der Waals surface area (Å²) in [6, 6.07) is 20.7. The number of carboxylic acids is 1. The molecule has 1 atom stereocenters. The largest absolute Gasteiger partial charge is 0.508 e. The zero-order valence-electron chi connectivity index (χ0n) is 16.7. The van der Waals surface area contributed by atoms with Gasteiger partial charge < -0.3 is 14.9 Å². The van der Waals surface area contributed by atoms with Gasteiger partial charge in [0.25, 0.3) is 0 Å². The van der Waals surface area contributed by atoms with Crippen molar-refractivity contribution in [3.8, 4) is 16.9 Å². The van der Waals surface area contributed by atoms with Gasteiger partial charge in [-0.05, 0) is 52.4 Å². The standard InChI is InChI=1S/C25H21NO5/c27-15-9-10-23-21(13-15)20(24(28)29)11-12-26(23)25(30)31-14-22-18-7-3-1-5-16(18)17-6-2-4-8-19(17)22/h1-10,13,20,22,27H,11-12,14H2,(H,28,29). The van der Waals surface area contributed by atoms with Gasteiger partial charge in [-0.1, -0.05) is 48.5 Å². The first kappa shape index (κ1) is 19.2. The normalized spacial score (nSPS) is 16.9. The zero-order chi connectivity index (χ0) is 21.5. The van der Waals surface area contributed by atoms with E-state index >= 15 is 0 Å². The summed E-state index contributed by atoms with van der Waals surface area (Å²) in [5.41, 5.74) is 5.46. The van der Waals surface area contributed by atoms with Gasteiger partial charge >= 0.3 is 12.1 Å². The lowest BCUT2D eigenvalue weighted by molar-refractivity contribution is -0.139. The topological polar surface area (TPSA) is 87.1 Å². The molecular weight excluding hydrogens is 394 g/mol. The molecule has 3 aromatic rings. The highest BCUT2D eigenvalue weighted by Crippen LogP contribution is 2.45. The average Bonchev–Trinajstić information content (AvgIpc) is 3.10. The van der Waals surface area contributed by atoms with Crippen LogP contribution in [0.4, 0.5) is 10.5 Å². The SMILES string of the molecule is O=C(O)C1CCN(C(=O)OCC2c3ccccc3-c3ccccc32)c2ccc(O)cc21. The molecule has 0 aromatic heterocycles. The monoisotopic (exact) mass is 415 g/mol. The molecule has 1 aliphatic carbocycles. The maximum atomic E-state index is 13.0. The molecule has 0 radical (unpaired) electrons. The average molecular weight is 415 g/mol. The zero-order valence-corrected chi connectivity index (χ0v) is 16.7. The molecule has 1 amide bonds. The van der Waals surface area contributed by atoms with Gasteiger partial charge in [0.2, 0.25) is 0 Å². The molecule has 2 aliphatic rings. The number of amides is 1. The number of carbonyl (C=O) groups excluding carboxylic acids is 1. The molecule has 5 rings (SSSR count). The van der Waals surface area contributed by atoms with Gasteiger partial charge in [-0.15, -0.1) is 0 Å². The predicted octanol–water partition coefficient (Wildman–Crippen LogP) is 4.72. The molecule has 31 heavy (non-hydrogen) atoms. The summed E-state index contributed by atoms with van der Waals surface area (Å²) in [5, 5.41) is 19.3. The number of fused-ring (bicyclic) bond motifs is 4. The highest BCUT2D eigenvalue weighted by Gasteiger charge is 2.35. The van der Waals surface area contributed by atoms with Crippen molar-refractivity contribution in [3.63, 3.8) is 0 Å². The van der Waals surface area contributed by atoms with Crippen LogP contribution in [-0.2, 0) is 9.53 Å². The van der Waals surface area contributed by atoms with Crippen molar-refractivity contribution < 1.29 is 24.5 Å². The summed E-state index contributed by atoms with van der Waals surface area (Å²) >= 11 is 0. The Morgan fingerprint density at radius 2 is 1.58 bits per heavy atom. The van der Waals surface area contributed by atoms with Crippen LogP contribution in [0.25, 0.3) is 11.1 Å². The molecule has 1 unspecified atom stereocenters. The van der Waals surface area contributed by atoms with Gasteiger partial charge in [0.15, 0.2) is 0 Å². The van der Waals surface area contributed by atoms with Gasteiger partial charge in [0, 0.05) is 12.5 Å². The van der Waals surface area contributed by atoms with Crippen LogP contribution < -0.4 is 4.90 Å². The minimum absolute atomic E-state index is 0.0283. The van der Waals surface area contributed by atoms with E-state index < -0.39 is 18.0 Å². The molecule has 1 heterocycles. The third-order valence-corrected chi connectivity index (χ3v) is 6.17. The highest BCUT2D eigenvalue weighted by molar-refractivity contribution is 5.92. The number of nitrogens with zero attached hydrogens (tertiary/aromatic N) is 1.